The van der Waals surface area contributed by atoms with Crippen LogP contribution >= 0.6 is 0 Å². The lowest BCUT2D eigenvalue weighted by atomic mass is 9.96. The van der Waals surface area contributed by atoms with Crippen molar-refractivity contribution in [1.29, 1.82) is 0 Å². The van der Waals surface area contributed by atoms with E-state index in [0.717, 1.165) is 24.3 Å². The summed E-state index contributed by atoms with van der Waals surface area (Å²) in [5, 5.41) is 10.1. The van der Waals surface area contributed by atoms with Crippen LogP contribution in [0.1, 0.15) is 12.7 Å². The van der Waals surface area contributed by atoms with Gasteiger partial charge in [0.1, 0.15) is 17.5 Å². The van der Waals surface area contributed by atoms with Crippen LogP contribution in [0.5, 0.6) is 0 Å². The lowest BCUT2D eigenvalue weighted by Gasteiger charge is -2.32. The lowest BCUT2D eigenvalue weighted by molar-refractivity contribution is -0.343. The van der Waals surface area contributed by atoms with E-state index < -0.39 is 35.2 Å². The molecule has 0 saturated heterocycles. The van der Waals surface area contributed by atoms with Crippen molar-refractivity contribution in [2.75, 3.05) is 0 Å². The molecule has 29 heavy (non-hydrogen) atoms. The summed E-state index contributed by atoms with van der Waals surface area (Å²) < 4.78 is 92.7. The largest absolute Gasteiger partial charge is 0.456 e. The first-order valence-electron chi connectivity index (χ1n) is 8.14. The van der Waals surface area contributed by atoms with Gasteiger partial charge < -0.3 is 10.1 Å². The predicted molar refractivity (Wildman–Crippen MR) is 89.9 cm³/mol. The average molecular weight is 418 g/mol. The Balaban J connectivity index is 2.22. The Morgan fingerprint density at radius 3 is 1.69 bits per heavy atom. The van der Waals surface area contributed by atoms with Gasteiger partial charge in [0, 0.05) is 11.1 Å². The van der Waals surface area contributed by atoms with Gasteiger partial charge in [-0.1, -0.05) is 0 Å². The van der Waals surface area contributed by atoms with Gasteiger partial charge in [-0.25, -0.2) is 13.8 Å². The monoisotopic (exact) mass is 418 g/mol. The van der Waals surface area contributed by atoms with Crippen LogP contribution in [0.25, 0.3) is 22.5 Å². The minimum Gasteiger partial charge on any atom is -0.376 e. The first kappa shape index (κ1) is 20.8. The van der Waals surface area contributed by atoms with E-state index in [1.807, 2.05) is 0 Å². The van der Waals surface area contributed by atoms with Crippen molar-refractivity contribution < 1.29 is 35.8 Å². The highest BCUT2D eigenvalue weighted by molar-refractivity contribution is 5.78. The molecule has 0 saturated carbocycles. The van der Waals surface area contributed by atoms with Gasteiger partial charge in [0.05, 0.1) is 11.4 Å². The molecule has 10 heteroatoms. The molecule has 1 heterocycles. The third kappa shape index (κ3) is 3.59. The van der Waals surface area contributed by atoms with Gasteiger partial charge in [-0.15, -0.1) is 0 Å². The van der Waals surface area contributed by atoms with Gasteiger partial charge in [0.2, 0.25) is 0 Å². The smallest absolute Gasteiger partial charge is 0.376 e. The minimum absolute atomic E-state index is 0.0511. The maximum absolute atomic E-state index is 13.9. The second-order valence-electron chi connectivity index (χ2n) is 6.47. The fourth-order valence-corrected chi connectivity index (χ4v) is 2.67. The number of nitrogens with one attached hydrogen (secondary N) is 1. The summed E-state index contributed by atoms with van der Waals surface area (Å²) in [6.07, 6.45) is -6.05. The summed E-state index contributed by atoms with van der Waals surface area (Å²) >= 11 is 0. The second-order valence-corrected chi connectivity index (χ2v) is 6.47. The fourth-order valence-electron chi connectivity index (χ4n) is 2.67. The Morgan fingerprint density at radius 1 is 0.793 bits per heavy atom. The summed E-state index contributed by atoms with van der Waals surface area (Å²) in [5.74, 6) is -7.80. The maximum atomic E-state index is 13.9. The molecule has 1 aromatic heterocycles. The molecule has 0 aliphatic heterocycles. The van der Waals surface area contributed by atoms with Crippen LogP contribution in [0.3, 0.4) is 0 Å². The van der Waals surface area contributed by atoms with Gasteiger partial charge in [-0.05, 0) is 55.5 Å². The van der Waals surface area contributed by atoms with Gasteiger partial charge in [-0.2, -0.15) is 22.0 Å². The predicted octanol–water partition coefficient (Wildman–Crippen LogP) is 5.43. The molecule has 2 aromatic carbocycles. The summed E-state index contributed by atoms with van der Waals surface area (Å²) in [5.41, 5.74) is -3.53. The van der Waals surface area contributed by atoms with Crippen LogP contribution in [0.15, 0.2) is 48.5 Å². The molecule has 2 N–H and O–H groups in total. The van der Waals surface area contributed by atoms with E-state index in [2.05, 4.69) is 9.97 Å². The topological polar surface area (TPSA) is 48.9 Å². The number of rotatable bonds is 4. The molecule has 0 aliphatic rings. The van der Waals surface area contributed by atoms with Crippen LogP contribution < -0.4 is 0 Å². The molecule has 0 radical (unpaired) electrons. The zero-order valence-electron chi connectivity index (χ0n) is 14.7. The van der Waals surface area contributed by atoms with Gasteiger partial charge in [0.25, 0.3) is 0 Å². The Morgan fingerprint density at radius 2 is 1.24 bits per heavy atom. The van der Waals surface area contributed by atoms with Crippen LogP contribution in [0.4, 0.5) is 30.7 Å². The van der Waals surface area contributed by atoms with E-state index in [9.17, 15) is 35.8 Å². The molecule has 154 valence electrons. The molecule has 0 aliphatic carbocycles. The standard InChI is InChI=1S/C19H13F7N2O/c1-17(29,18(22,23)19(24,25)26)16-27-14(10-2-6-12(20)7-3-10)15(28-16)11-4-8-13(21)9-5-11/h2-9,29H,1H3,(H,27,28). The molecular weight excluding hydrogens is 405 g/mol. The minimum atomic E-state index is -6.05. The molecule has 3 nitrogen and oxygen atoms in total. The van der Waals surface area contributed by atoms with E-state index >= 15 is 0 Å². The van der Waals surface area contributed by atoms with Crippen LogP contribution in [-0.4, -0.2) is 27.2 Å². The third-order valence-electron chi connectivity index (χ3n) is 4.38. The summed E-state index contributed by atoms with van der Waals surface area (Å²) in [6.45, 7) is 0.280. The average Bonchev–Trinajstić information content (AvgIpc) is 3.08. The van der Waals surface area contributed by atoms with E-state index in [0.29, 0.717) is 0 Å². The Bertz CT molecular complexity index is 944. The number of aliphatic hydroxyl groups is 1. The first-order valence-corrected chi connectivity index (χ1v) is 8.14. The molecule has 1 atom stereocenters. The van der Waals surface area contributed by atoms with Crippen molar-refractivity contribution in [3.8, 4) is 22.5 Å². The molecule has 0 spiro atoms. The molecule has 0 fully saturated rings. The molecule has 3 aromatic rings. The number of alkyl halides is 5. The van der Waals surface area contributed by atoms with Crippen molar-refractivity contribution >= 4 is 0 Å². The number of imidazole rings is 1. The Labute approximate surface area is 159 Å². The van der Waals surface area contributed by atoms with Gasteiger partial charge >= 0.3 is 12.1 Å². The number of aromatic amines is 1. The van der Waals surface area contributed by atoms with E-state index in [1.165, 1.54) is 24.3 Å². The van der Waals surface area contributed by atoms with Crippen molar-refractivity contribution in [3.63, 3.8) is 0 Å². The first-order chi connectivity index (χ1) is 13.3. The highest BCUT2D eigenvalue weighted by Gasteiger charge is 2.69. The molecule has 0 bridgehead atoms. The number of nitrogens with zero attached hydrogens (tertiary/aromatic N) is 1. The van der Waals surface area contributed by atoms with Crippen molar-refractivity contribution in [2.24, 2.45) is 0 Å². The van der Waals surface area contributed by atoms with Gasteiger partial charge in [0.15, 0.2) is 5.60 Å². The summed E-state index contributed by atoms with van der Waals surface area (Å²) in [6, 6.07) is 9.14. The normalized spacial score (nSPS) is 14.7. The molecule has 0 amide bonds. The van der Waals surface area contributed by atoms with Crippen LogP contribution in [0.2, 0.25) is 0 Å². The molecule has 1 unspecified atom stereocenters. The number of halogens is 7. The number of hydrogen-bond donors (Lipinski definition) is 2. The summed E-state index contributed by atoms with van der Waals surface area (Å²) in [7, 11) is 0. The maximum Gasteiger partial charge on any atom is 0.456 e. The second kappa shape index (κ2) is 6.87. The zero-order chi connectivity index (χ0) is 21.6. The number of benzene rings is 2. The lowest BCUT2D eigenvalue weighted by Crippen LogP contribution is -2.53. The van der Waals surface area contributed by atoms with E-state index in [-0.39, 0.29) is 29.4 Å². The molecule has 3 rings (SSSR count). The quantitative estimate of drug-likeness (QED) is 0.556. The van der Waals surface area contributed by atoms with E-state index in [4.69, 9.17) is 0 Å². The van der Waals surface area contributed by atoms with Crippen molar-refractivity contribution in [1.82, 2.24) is 9.97 Å². The Hall–Kier alpha value is -2.88. The van der Waals surface area contributed by atoms with Crippen molar-refractivity contribution in [2.45, 2.75) is 24.6 Å². The van der Waals surface area contributed by atoms with Crippen molar-refractivity contribution in [3.05, 3.63) is 66.0 Å². The summed E-state index contributed by atoms with van der Waals surface area (Å²) in [4.78, 5) is 6.05. The van der Waals surface area contributed by atoms with Crippen LogP contribution in [0, 0.1) is 11.6 Å². The Kier molecular flexibility index (Phi) is 4.94. The fraction of sp³-hybridized carbons (Fsp3) is 0.211. The number of aromatic nitrogens is 2. The van der Waals surface area contributed by atoms with E-state index in [1.54, 1.807) is 0 Å². The highest BCUT2D eigenvalue weighted by atomic mass is 19.4. The number of H-pyrrole nitrogens is 1. The molecular formula is C19H13F7N2O. The number of hydrogen-bond acceptors (Lipinski definition) is 2. The SMILES string of the molecule is CC(O)(c1nc(-c2ccc(F)cc2)c(-c2ccc(F)cc2)[nH]1)C(F)(F)C(F)(F)F. The third-order valence-corrected chi connectivity index (χ3v) is 4.38. The zero-order valence-corrected chi connectivity index (χ0v) is 14.7. The van der Waals surface area contributed by atoms with Crippen LogP contribution in [-0.2, 0) is 5.60 Å². The highest BCUT2D eigenvalue weighted by Crippen LogP contribution is 2.48. The van der Waals surface area contributed by atoms with Gasteiger partial charge in [-0.3, -0.25) is 0 Å².